The quantitative estimate of drug-likeness (QED) is 0.888. The van der Waals surface area contributed by atoms with Gasteiger partial charge in [-0.1, -0.05) is 26.7 Å². The van der Waals surface area contributed by atoms with Gasteiger partial charge in [0.1, 0.15) is 11.3 Å². The van der Waals surface area contributed by atoms with E-state index in [-0.39, 0.29) is 11.8 Å². The zero-order valence-electron chi connectivity index (χ0n) is 12.5. The van der Waals surface area contributed by atoms with Gasteiger partial charge in [0.2, 0.25) is 5.91 Å². The van der Waals surface area contributed by atoms with Gasteiger partial charge in [-0.05, 0) is 42.5 Å². The third-order valence-corrected chi connectivity index (χ3v) is 4.76. The van der Waals surface area contributed by atoms with E-state index in [9.17, 15) is 4.79 Å². The SMILES string of the molecule is COc1ccc(NC2(C(N)=O)CCCC(C)C2C)cc1. The first-order chi connectivity index (χ1) is 9.49. The number of methoxy groups -OCH3 is 1. The summed E-state index contributed by atoms with van der Waals surface area (Å²) in [7, 11) is 1.64. The number of amides is 1. The third kappa shape index (κ3) is 2.60. The lowest BCUT2D eigenvalue weighted by atomic mass is 9.67. The van der Waals surface area contributed by atoms with Crippen molar-refractivity contribution in [1.29, 1.82) is 0 Å². The summed E-state index contributed by atoms with van der Waals surface area (Å²) in [5.41, 5.74) is 5.99. The van der Waals surface area contributed by atoms with E-state index in [1.165, 1.54) is 0 Å². The van der Waals surface area contributed by atoms with Crippen molar-refractivity contribution in [2.45, 2.75) is 38.6 Å². The Morgan fingerprint density at radius 3 is 2.55 bits per heavy atom. The second-order valence-electron chi connectivity index (χ2n) is 5.85. The van der Waals surface area contributed by atoms with Crippen LogP contribution in [0.25, 0.3) is 0 Å². The molecule has 4 heteroatoms. The van der Waals surface area contributed by atoms with Crippen molar-refractivity contribution in [3.05, 3.63) is 24.3 Å². The van der Waals surface area contributed by atoms with E-state index in [2.05, 4.69) is 19.2 Å². The summed E-state index contributed by atoms with van der Waals surface area (Å²) in [6.45, 7) is 4.31. The monoisotopic (exact) mass is 276 g/mol. The molecule has 20 heavy (non-hydrogen) atoms. The zero-order valence-corrected chi connectivity index (χ0v) is 12.5. The summed E-state index contributed by atoms with van der Waals surface area (Å²) in [5.74, 6) is 1.25. The maximum absolute atomic E-state index is 12.1. The molecule has 3 N–H and O–H groups in total. The first-order valence-corrected chi connectivity index (χ1v) is 7.22. The van der Waals surface area contributed by atoms with E-state index in [0.29, 0.717) is 5.92 Å². The topological polar surface area (TPSA) is 64.3 Å². The Labute approximate surface area is 120 Å². The van der Waals surface area contributed by atoms with Gasteiger partial charge in [-0.15, -0.1) is 0 Å². The highest BCUT2D eigenvalue weighted by Gasteiger charge is 2.46. The van der Waals surface area contributed by atoms with Crippen LogP contribution in [0.4, 0.5) is 5.69 Å². The molecule has 1 fully saturated rings. The Morgan fingerprint density at radius 2 is 2.00 bits per heavy atom. The Balaban J connectivity index is 2.26. The van der Waals surface area contributed by atoms with Crippen molar-refractivity contribution in [3.8, 4) is 5.75 Å². The van der Waals surface area contributed by atoms with Crippen LogP contribution in [-0.2, 0) is 4.79 Å². The lowest BCUT2D eigenvalue weighted by Crippen LogP contribution is -2.58. The van der Waals surface area contributed by atoms with E-state index in [1.807, 2.05) is 24.3 Å². The molecule has 0 heterocycles. The molecule has 4 nitrogen and oxygen atoms in total. The highest BCUT2D eigenvalue weighted by Crippen LogP contribution is 2.40. The van der Waals surface area contributed by atoms with Crippen molar-refractivity contribution < 1.29 is 9.53 Å². The summed E-state index contributed by atoms with van der Waals surface area (Å²) in [4.78, 5) is 12.1. The van der Waals surface area contributed by atoms with Gasteiger partial charge in [-0.3, -0.25) is 4.79 Å². The van der Waals surface area contributed by atoms with Crippen LogP contribution < -0.4 is 15.8 Å². The van der Waals surface area contributed by atoms with Crippen molar-refractivity contribution in [2.75, 3.05) is 12.4 Å². The lowest BCUT2D eigenvalue weighted by molar-refractivity contribution is -0.125. The molecule has 3 atom stereocenters. The molecule has 1 saturated carbocycles. The molecule has 3 unspecified atom stereocenters. The zero-order chi connectivity index (χ0) is 14.8. The van der Waals surface area contributed by atoms with Crippen molar-refractivity contribution in [1.82, 2.24) is 0 Å². The Morgan fingerprint density at radius 1 is 1.35 bits per heavy atom. The molecule has 1 aromatic rings. The number of nitrogens with one attached hydrogen (secondary N) is 1. The van der Waals surface area contributed by atoms with E-state index in [0.717, 1.165) is 30.7 Å². The number of rotatable bonds is 4. The third-order valence-electron chi connectivity index (χ3n) is 4.76. The predicted molar refractivity (Wildman–Crippen MR) is 80.7 cm³/mol. The molecule has 1 aromatic carbocycles. The number of benzene rings is 1. The van der Waals surface area contributed by atoms with Gasteiger partial charge in [0, 0.05) is 5.69 Å². The van der Waals surface area contributed by atoms with Crippen LogP contribution in [-0.4, -0.2) is 18.6 Å². The van der Waals surface area contributed by atoms with Crippen LogP contribution in [0, 0.1) is 11.8 Å². The molecule has 0 saturated heterocycles. The molecule has 1 aliphatic rings. The number of hydrogen-bond donors (Lipinski definition) is 2. The number of nitrogens with two attached hydrogens (primary N) is 1. The minimum Gasteiger partial charge on any atom is -0.497 e. The fourth-order valence-electron chi connectivity index (χ4n) is 3.18. The molecule has 0 aromatic heterocycles. The largest absolute Gasteiger partial charge is 0.497 e. The minimum atomic E-state index is -0.647. The molecule has 110 valence electrons. The van der Waals surface area contributed by atoms with Gasteiger partial charge in [-0.2, -0.15) is 0 Å². The lowest BCUT2D eigenvalue weighted by Gasteiger charge is -2.44. The first-order valence-electron chi connectivity index (χ1n) is 7.22. The summed E-state index contributed by atoms with van der Waals surface area (Å²) >= 11 is 0. The van der Waals surface area contributed by atoms with Crippen LogP contribution in [0.2, 0.25) is 0 Å². The maximum Gasteiger partial charge on any atom is 0.243 e. The maximum atomic E-state index is 12.1. The van der Waals surface area contributed by atoms with E-state index in [1.54, 1.807) is 7.11 Å². The fraction of sp³-hybridized carbons (Fsp3) is 0.562. The second kappa shape index (κ2) is 5.73. The average molecular weight is 276 g/mol. The summed E-state index contributed by atoms with van der Waals surface area (Å²) in [6, 6.07) is 7.62. The smallest absolute Gasteiger partial charge is 0.243 e. The minimum absolute atomic E-state index is 0.218. The van der Waals surface area contributed by atoms with Crippen LogP contribution in [0.3, 0.4) is 0 Å². The Bertz CT molecular complexity index is 472. The normalized spacial score (nSPS) is 29.8. The van der Waals surface area contributed by atoms with Gasteiger partial charge >= 0.3 is 0 Å². The van der Waals surface area contributed by atoms with Gasteiger partial charge in [-0.25, -0.2) is 0 Å². The van der Waals surface area contributed by atoms with Gasteiger partial charge < -0.3 is 15.8 Å². The summed E-state index contributed by atoms with van der Waals surface area (Å²) < 4.78 is 5.15. The highest BCUT2D eigenvalue weighted by molar-refractivity contribution is 5.88. The van der Waals surface area contributed by atoms with Crippen molar-refractivity contribution >= 4 is 11.6 Å². The summed E-state index contributed by atoms with van der Waals surface area (Å²) in [6.07, 6.45) is 2.97. The fourth-order valence-corrected chi connectivity index (χ4v) is 3.18. The number of hydrogen-bond acceptors (Lipinski definition) is 3. The van der Waals surface area contributed by atoms with Crippen LogP contribution in [0.15, 0.2) is 24.3 Å². The Kier molecular flexibility index (Phi) is 4.21. The standard InChI is InChI=1S/C16H24N2O2/c1-11-5-4-10-16(12(11)2,15(17)19)18-13-6-8-14(20-3)9-7-13/h6-9,11-12,18H,4-5,10H2,1-3H3,(H2,17,19). The molecule has 0 spiro atoms. The van der Waals surface area contributed by atoms with Crippen LogP contribution >= 0.6 is 0 Å². The second-order valence-corrected chi connectivity index (χ2v) is 5.85. The van der Waals surface area contributed by atoms with Gasteiger partial charge in [0.05, 0.1) is 7.11 Å². The molecule has 2 rings (SSSR count). The molecule has 1 amide bonds. The van der Waals surface area contributed by atoms with Crippen LogP contribution in [0.1, 0.15) is 33.1 Å². The molecule has 0 aliphatic heterocycles. The van der Waals surface area contributed by atoms with Gasteiger partial charge in [0.25, 0.3) is 0 Å². The first kappa shape index (κ1) is 14.7. The number of carbonyl (C=O) groups excluding carboxylic acids is 1. The number of primary amides is 1. The van der Waals surface area contributed by atoms with E-state index >= 15 is 0 Å². The number of ether oxygens (including phenoxy) is 1. The molecular weight excluding hydrogens is 252 g/mol. The molecule has 0 radical (unpaired) electrons. The number of carbonyl (C=O) groups is 1. The molecular formula is C16H24N2O2. The average Bonchev–Trinajstić information content (AvgIpc) is 2.44. The van der Waals surface area contributed by atoms with Crippen molar-refractivity contribution in [3.63, 3.8) is 0 Å². The summed E-state index contributed by atoms with van der Waals surface area (Å²) in [5, 5.41) is 3.40. The van der Waals surface area contributed by atoms with Crippen molar-refractivity contribution in [2.24, 2.45) is 17.6 Å². The molecule has 0 bridgehead atoms. The van der Waals surface area contributed by atoms with E-state index in [4.69, 9.17) is 10.5 Å². The van der Waals surface area contributed by atoms with E-state index < -0.39 is 5.54 Å². The van der Waals surface area contributed by atoms with Gasteiger partial charge in [0.15, 0.2) is 0 Å². The molecule has 1 aliphatic carbocycles. The predicted octanol–water partition coefficient (Wildman–Crippen LogP) is 2.79. The highest BCUT2D eigenvalue weighted by atomic mass is 16.5. The Hall–Kier alpha value is -1.71. The van der Waals surface area contributed by atoms with Crippen LogP contribution in [0.5, 0.6) is 5.75 Å². The number of anilines is 1.